The van der Waals surface area contributed by atoms with Crippen molar-refractivity contribution in [3.63, 3.8) is 0 Å². The molecule has 0 aliphatic carbocycles. The zero-order chi connectivity index (χ0) is 8.81. The smallest absolute Gasteiger partial charge is 0.170 e. The van der Waals surface area contributed by atoms with Crippen molar-refractivity contribution < 1.29 is 14.6 Å². The predicted molar refractivity (Wildman–Crippen MR) is 44.9 cm³/mol. The Labute approximate surface area is 73.1 Å². The van der Waals surface area contributed by atoms with E-state index in [9.17, 15) is 0 Å². The molecule has 1 rings (SSSR count). The zero-order valence-corrected chi connectivity index (χ0v) is 7.53. The molecule has 0 spiro atoms. The van der Waals surface area contributed by atoms with Crippen molar-refractivity contribution >= 4 is 0 Å². The van der Waals surface area contributed by atoms with Gasteiger partial charge in [-0.05, 0) is 13.5 Å². The largest absolute Gasteiger partial charge is 0.396 e. The number of likely N-dealkylation sites (N-methyl/N-ethyl adjacent to an activating group) is 1. The number of aliphatic hydroxyl groups is 1. The molecular weight excluding hydrogens is 158 g/mol. The molecular formula is C8H17NO3. The van der Waals surface area contributed by atoms with E-state index in [2.05, 4.69) is 4.90 Å². The van der Waals surface area contributed by atoms with Gasteiger partial charge in [0.2, 0.25) is 0 Å². The standard InChI is InChI=1S/C8H17NO3/c1-9(3-2-4-10)7-8-11-5-6-12-8/h8,10H,2-7H2,1H3. The lowest BCUT2D eigenvalue weighted by molar-refractivity contribution is -0.0585. The quantitative estimate of drug-likeness (QED) is 0.621. The van der Waals surface area contributed by atoms with Crippen molar-refractivity contribution in [2.75, 3.05) is 40.0 Å². The highest BCUT2D eigenvalue weighted by Gasteiger charge is 2.17. The maximum absolute atomic E-state index is 8.59. The van der Waals surface area contributed by atoms with E-state index in [4.69, 9.17) is 14.6 Å². The molecule has 0 saturated carbocycles. The minimum atomic E-state index is -0.0614. The van der Waals surface area contributed by atoms with E-state index in [1.165, 1.54) is 0 Å². The van der Waals surface area contributed by atoms with Gasteiger partial charge in [-0.2, -0.15) is 0 Å². The monoisotopic (exact) mass is 175 g/mol. The van der Waals surface area contributed by atoms with Crippen LogP contribution in [0.5, 0.6) is 0 Å². The Morgan fingerprint density at radius 3 is 2.67 bits per heavy atom. The van der Waals surface area contributed by atoms with E-state index >= 15 is 0 Å². The summed E-state index contributed by atoms with van der Waals surface area (Å²) in [6, 6.07) is 0. The molecule has 4 nitrogen and oxygen atoms in total. The molecule has 0 radical (unpaired) electrons. The Kier molecular flexibility index (Phi) is 4.53. The van der Waals surface area contributed by atoms with E-state index in [1.807, 2.05) is 7.05 Å². The highest BCUT2D eigenvalue weighted by atomic mass is 16.7. The first kappa shape index (κ1) is 9.92. The first-order valence-electron chi connectivity index (χ1n) is 4.35. The van der Waals surface area contributed by atoms with Crippen LogP contribution in [0, 0.1) is 0 Å². The average molecular weight is 175 g/mol. The third kappa shape index (κ3) is 3.49. The molecule has 1 saturated heterocycles. The third-order valence-corrected chi connectivity index (χ3v) is 1.85. The van der Waals surface area contributed by atoms with E-state index in [1.54, 1.807) is 0 Å². The number of nitrogens with zero attached hydrogens (tertiary/aromatic N) is 1. The summed E-state index contributed by atoms with van der Waals surface area (Å²) < 4.78 is 10.6. The Balaban J connectivity index is 2.03. The van der Waals surface area contributed by atoms with Gasteiger partial charge in [-0.1, -0.05) is 0 Å². The number of rotatable bonds is 5. The minimum Gasteiger partial charge on any atom is -0.396 e. The second kappa shape index (κ2) is 5.48. The fourth-order valence-corrected chi connectivity index (χ4v) is 1.20. The highest BCUT2D eigenvalue weighted by molar-refractivity contribution is 4.58. The molecule has 0 aromatic rings. The second-order valence-corrected chi connectivity index (χ2v) is 3.01. The molecule has 1 aliphatic rings. The number of aliphatic hydroxyl groups excluding tert-OH is 1. The maximum Gasteiger partial charge on any atom is 0.170 e. The first-order valence-corrected chi connectivity index (χ1v) is 4.35. The van der Waals surface area contributed by atoms with Gasteiger partial charge in [0.25, 0.3) is 0 Å². The van der Waals surface area contributed by atoms with Gasteiger partial charge >= 0.3 is 0 Å². The fourth-order valence-electron chi connectivity index (χ4n) is 1.20. The van der Waals surface area contributed by atoms with Crippen LogP contribution in [-0.4, -0.2) is 56.3 Å². The van der Waals surface area contributed by atoms with Gasteiger partial charge in [0.05, 0.1) is 13.2 Å². The molecule has 1 heterocycles. The molecule has 0 atom stereocenters. The Hall–Kier alpha value is -0.160. The zero-order valence-electron chi connectivity index (χ0n) is 7.53. The first-order chi connectivity index (χ1) is 5.83. The van der Waals surface area contributed by atoms with E-state index in [0.717, 1.165) is 19.5 Å². The van der Waals surface area contributed by atoms with Crippen LogP contribution < -0.4 is 0 Å². The highest BCUT2D eigenvalue weighted by Crippen LogP contribution is 2.04. The minimum absolute atomic E-state index is 0.0614. The van der Waals surface area contributed by atoms with Gasteiger partial charge in [0, 0.05) is 19.7 Å². The third-order valence-electron chi connectivity index (χ3n) is 1.85. The van der Waals surface area contributed by atoms with Crippen molar-refractivity contribution in [2.45, 2.75) is 12.7 Å². The molecule has 1 fully saturated rings. The van der Waals surface area contributed by atoms with Crippen LogP contribution in [0.25, 0.3) is 0 Å². The lowest BCUT2D eigenvalue weighted by Crippen LogP contribution is -2.30. The number of ether oxygens (including phenoxy) is 2. The van der Waals surface area contributed by atoms with Crippen LogP contribution in [0.1, 0.15) is 6.42 Å². The molecule has 1 N–H and O–H groups in total. The van der Waals surface area contributed by atoms with Crippen molar-refractivity contribution in [1.29, 1.82) is 0 Å². The van der Waals surface area contributed by atoms with E-state index < -0.39 is 0 Å². The molecule has 0 bridgehead atoms. The molecule has 12 heavy (non-hydrogen) atoms. The van der Waals surface area contributed by atoms with Crippen LogP contribution >= 0.6 is 0 Å². The van der Waals surface area contributed by atoms with Crippen LogP contribution in [0.2, 0.25) is 0 Å². The van der Waals surface area contributed by atoms with E-state index in [0.29, 0.717) is 13.2 Å². The van der Waals surface area contributed by atoms with Gasteiger partial charge in [0.15, 0.2) is 6.29 Å². The maximum atomic E-state index is 8.59. The van der Waals surface area contributed by atoms with Crippen molar-refractivity contribution in [3.05, 3.63) is 0 Å². The van der Waals surface area contributed by atoms with Gasteiger partial charge in [0.1, 0.15) is 0 Å². The lowest BCUT2D eigenvalue weighted by Gasteiger charge is -2.19. The van der Waals surface area contributed by atoms with Crippen LogP contribution in [-0.2, 0) is 9.47 Å². The van der Waals surface area contributed by atoms with Crippen molar-refractivity contribution in [1.82, 2.24) is 4.90 Å². The molecule has 4 heteroatoms. The SMILES string of the molecule is CN(CCCO)CC1OCCO1. The van der Waals surface area contributed by atoms with Gasteiger partial charge < -0.3 is 19.5 Å². The van der Waals surface area contributed by atoms with Crippen LogP contribution in [0.15, 0.2) is 0 Å². The molecule has 0 aromatic heterocycles. The second-order valence-electron chi connectivity index (χ2n) is 3.01. The molecule has 0 amide bonds. The normalized spacial score (nSPS) is 19.2. The summed E-state index contributed by atoms with van der Waals surface area (Å²) in [6.07, 6.45) is 0.747. The summed E-state index contributed by atoms with van der Waals surface area (Å²) in [6.45, 7) is 3.34. The Morgan fingerprint density at radius 2 is 2.08 bits per heavy atom. The molecule has 0 unspecified atom stereocenters. The number of hydrogen-bond donors (Lipinski definition) is 1. The average Bonchev–Trinajstić information content (AvgIpc) is 2.53. The summed E-state index contributed by atoms with van der Waals surface area (Å²) in [4.78, 5) is 2.10. The van der Waals surface area contributed by atoms with Crippen LogP contribution in [0.3, 0.4) is 0 Å². The number of hydrogen-bond acceptors (Lipinski definition) is 4. The van der Waals surface area contributed by atoms with Crippen molar-refractivity contribution in [2.24, 2.45) is 0 Å². The van der Waals surface area contributed by atoms with Crippen molar-refractivity contribution in [3.8, 4) is 0 Å². The summed E-state index contributed by atoms with van der Waals surface area (Å²) in [7, 11) is 2.00. The molecule has 72 valence electrons. The van der Waals surface area contributed by atoms with Gasteiger partial charge in [-0.15, -0.1) is 0 Å². The van der Waals surface area contributed by atoms with Crippen LogP contribution in [0.4, 0.5) is 0 Å². The predicted octanol–water partition coefficient (Wildman–Crippen LogP) is -0.327. The van der Waals surface area contributed by atoms with Gasteiger partial charge in [-0.3, -0.25) is 0 Å². The van der Waals surface area contributed by atoms with Gasteiger partial charge in [-0.25, -0.2) is 0 Å². The lowest BCUT2D eigenvalue weighted by atomic mass is 10.4. The molecule has 0 aromatic carbocycles. The molecule has 1 aliphatic heterocycles. The summed E-state index contributed by atoms with van der Waals surface area (Å²) in [5.74, 6) is 0. The Bertz CT molecular complexity index is 115. The fraction of sp³-hybridized carbons (Fsp3) is 1.00. The van der Waals surface area contributed by atoms with E-state index in [-0.39, 0.29) is 12.9 Å². The topological polar surface area (TPSA) is 41.9 Å². The summed E-state index contributed by atoms with van der Waals surface area (Å²) >= 11 is 0. The Morgan fingerprint density at radius 1 is 1.42 bits per heavy atom. The summed E-state index contributed by atoms with van der Waals surface area (Å²) in [5, 5.41) is 8.59. The summed E-state index contributed by atoms with van der Waals surface area (Å²) in [5.41, 5.74) is 0.